The van der Waals surface area contributed by atoms with Gasteiger partial charge < -0.3 is 10.2 Å². The fourth-order valence-corrected chi connectivity index (χ4v) is 4.06. The van der Waals surface area contributed by atoms with Gasteiger partial charge in [0.25, 0.3) is 0 Å². The van der Waals surface area contributed by atoms with Gasteiger partial charge in [-0.2, -0.15) is 0 Å². The molecule has 26 heavy (non-hydrogen) atoms. The maximum Gasteiger partial charge on any atom is 0.225 e. The van der Waals surface area contributed by atoms with E-state index in [4.69, 9.17) is 0 Å². The molecule has 1 saturated heterocycles. The third kappa shape index (κ3) is 4.19. The van der Waals surface area contributed by atoms with E-state index in [0.717, 1.165) is 37.1 Å². The van der Waals surface area contributed by atoms with E-state index in [1.165, 1.54) is 12.5 Å². The van der Waals surface area contributed by atoms with Crippen LogP contribution in [0.5, 0.6) is 0 Å². The number of aromatic nitrogens is 3. The van der Waals surface area contributed by atoms with Crippen LogP contribution in [0.4, 0.5) is 5.95 Å². The monoisotopic (exact) mass is 375 g/mol. The number of rotatable bonds is 5. The van der Waals surface area contributed by atoms with Crippen LogP contribution in [0.25, 0.3) is 0 Å². The molecule has 0 spiro atoms. The maximum atomic E-state index is 12.2. The summed E-state index contributed by atoms with van der Waals surface area (Å²) < 4.78 is 24.4. The predicted octanol–water partition coefficient (Wildman–Crippen LogP) is 1.69. The first kappa shape index (κ1) is 18.7. The van der Waals surface area contributed by atoms with Crippen molar-refractivity contribution in [1.82, 2.24) is 20.3 Å². The highest BCUT2D eigenvalue weighted by atomic mass is 32.2. The molecule has 0 aliphatic carbocycles. The van der Waals surface area contributed by atoms with Crippen molar-refractivity contribution in [3.05, 3.63) is 41.5 Å². The standard InChI is InChI=1S/C18H25N5O2S/c1-13-9-20-8-6-15(13)12-23(2)18-21-11-16(26(3,24)25)17(22-18)14-5-4-7-19-10-14/h6,8-9,11,14,19H,4-5,7,10,12H2,1-3H3/t14-/m1/s1. The molecule has 1 fully saturated rings. The van der Waals surface area contributed by atoms with Crippen molar-refractivity contribution in [3.63, 3.8) is 0 Å². The zero-order valence-corrected chi connectivity index (χ0v) is 16.3. The first-order chi connectivity index (χ1) is 12.4. The number of hydrogen-bond acceptors (Lipinski definition) is 7. The molecule has 1 aliphatic heterocycles. The lowest BCUT2D eigenvalue weighted by Gasteiger charge is -2.25. The van der Waals surface area contributed by atoms with Crippen molar-refractivity contribution >= 4 is 15.8 Å². The molecule has 2 aromatic rings. The third-order valence-corrected chi connectivity index (χ3v) is 5.85. The van der Waals surface area contributed by atoms with E-state index < -0.39 is 9.84 Å². The van der Waals surface area contributed by atoms with E-state index >= 15 is 0 Å². The van der Waals surface area contributed by atoms with Gasteiger partial charge in [-0.3, -0.25) is 4.98 Å². The smallest absolute Gasteiger partial charge is 0.225 e. The lowest BCUT2D eigenvalue weighted by Crippen LogP contribution is -2.30. The molecule has 8 heteroatoms. The molecule has 0 aromatic carbocycles. The molecule has 0 amide bonds. The predicted molar refractivity (Wildman–Crippen MR) is 101 cm³/mol. The average Bonchev–Trinajstić information content (AvgIpc) is 2.63. The Kier molecular flexibility index (Phi) is 5.52. The van der Waals surface area contributed by atoms with Gasteiger partial charge in [0.2, 0.25) is 5.95 Å². The number of sulfone groups is 1. The van der Waals surface area contributed by atoms with Crippen molar-refractivity contribution < 1.29 is 8.42 Å². The van der Waals surface area contributed by atoms with Crippen LogP contribution in [0, 0.1) is 6.92 Å². The van der Waals surface area contributed by atoms with Crippen LogP contribution in [0.2, 0.25) is 0 Å². The topological polar surface area (TPSA) is 88.1 Å². The number of pyridine rings is 1. The van der Waals surface area contributed by atoms with E-state index in [-0.39, 0.29) is 10.8 Å². The van der Waals surface area contributed by atoms with Crippen LogP contribution in [0.1, 0.15) is 35.6 Å². The van der Waals surface area contributed by atoms with Gasteiger partial charge in [0.15, 0.2) is 9.84 Å². The molecular formula is C18H25N5O2S. The number of nitrogens with zero attached hydrogens (tertiary/aromatic N) is 4. The van der Waals surface area contributed by atoms with Gasteiger partial charge in [-0.25, -0.2) is 18.4 Å². The SMILES string of the molecule is Cc1cnccc1CN(C)c1ncc(S(C)(=O)=O)c([C@@H]2CCCNC2)n1. The molecule has 140 valence electrons. The quantitative estimate of drug-likeness (QED) is 0.851. The Hall–Kier alpha value is -2.06. The molecule has 0 unspecified atom stereocenters. The third-order valence-electron chi connectivity index (χ3n) is 4.74. The summed E-state index contributed by atoms with van der Waals surface area (Å²) in [5.41, 5.74) is 2.87. The van der Waals surface area contributed by atoms with Gasteiger partial charge in [-0.15, -0.1) is 0 Å². The first-order valence-electron chi connectivity index (χ1n) is 8.74. The van der Waals surface area contributed by atoms with Gasteiger partial charge in [0, 0.05) is 44.7 Å². The van der Waals surface area contributed by atoms with E-state index in [1.807, 2.05) is 31.1 Å². The van der Waals surface area contributed by atoms with Crippen LogP contribution in [0.15, 0.2) is 29.6 Å². The van der Waals surface area contributed by atoms with Gasteiger partial charge in [0.1, 0.15) is 4.90 Å². The Bertz CT molecular complexity index is 879. The van der Waals surface area contributed by atoms with Gasteiger partial charge >= 0.3 is 0 Å². The fraction of sp³-hybridized carbons (Fsp3) is 0.500. The van der Waals surface area contributed by atoms with Gasteiger partial charge in [0.05, 0.1) is 11.9 Å². The second kappa shape index (κ2) is 7.67. The molecular weight excluding hydrogens is 350 g/mol. The summed E-state index contributed by atoms with van der Waals surface area (Å²) in [6.45, 7) is 4.36. The lowest BCUT2D eigenvalue weighted by molar-refractivity contribution is 0.447. The normalized spacial score (nSPS) is 17.9. The van der Waals surface area contributed by atoms with Gasteiger partial charge in [-0.05, 0) is 43.5 Å². The minimum atomic E-state index is -3.37. The number of piperidine rings is 1. The van der Waals surface area contributed by atoms with E-state index in [2.05, 4.69) is 20.3 Å². The highest BCUT2D eigenvalue weighted by Crippen LogP contribution is 2.28. The van der Waals surface area contributed by atoms with Crippen molar-refractivity contribution in [2.24, 2.45) is 0 Å². The average molecular weight is 375 g/mol. The van der Waals surface area contributed by atoms with Crippen molar-refractivity contribution in [2.75, 3.05) is 31.3 Å². The number of hydrogen-bond donors (Lipinski definition) is 1. The second-order valence-corrected chi connectivity index (χ2v) is 8.88. The molecule has 7 nitrogen and oxygen atoms in total. The molecule has 1 atom stereocenters. The summed E-state index contributed by atoms with van der Waals surface area (Å²) in [6.07, 6.45) is 8.21. The summed E-state index contributed by atoms with van der Waals surface area (Å²) >= 11 is 0. The molecule has 0 bridgehead atoms. The Morgan fingerprint density at radius 2 is 2.15 bits per heavy atom. The summed E-state index contributed by atoms with van der Waals surface area (Å²) in [6, 6.07) is 1.97. The molecule has 0 radical (unpaired) electrons. The molecule has 3 rings (SSSR count). The summed E-state index contributed by atoms with van der Waals surface area (Å²) in [7, 11) is -1.46. The van der Waals surface area contributed by atoms with Crippen LogP contribution < -0.4 is 10.2 Å². The van der Waals surface area contributed by atoms with E-state index in [9.17, 15) is 8.42 Å². The Morgan fingerprint density at radius 3 is 2.81 bits per heavy atom. The van der Waals surface area contributed by atoms with Crippen molar-refractivity contribution in [1.29, 1.82) is 0 Å². The number of aryl methyl sites for hydroxylation is 1. The zero-order valence-electron chi connectivity index (χ0n) is 15.4. The molecule has 0 saturated carbocycles. The minimum absolute atomic E-state index is 0.0892. The lowest BCUT2D eigenvalue weighted by atomic mass is 9.96. The number of nitrogens with one attached hydrogen (secondary N) is 1. The summed E-state index contributed by atoms with van der Waals surface area (Å²) in [4.78, 5) is 15.3. The van der Waals surface area contributed by atoms with Crippen molar-refractivity contribution in [3.8, 4) is 0 Å². The Balaban J connectivity index is 1.94. The van der Waals surface area contributed by atoms with Crippen LogP contribution in [-0.4, -0.2) is 49.8 Å². The first-order valence-corrected chi connectivity index (χ1v) is 10.6. The molecule has 2 aromatic heterocycles. The van der Waals surface area contributed by atoms with Crippen LogP contribution >= 0.6 is 0 Å². The van der Waals surface area contributed by atoms with E-state index in [1.54, 1.807) is 6.20 Å². The summed E-state index contributed by atoms with van der Waals surface area (Å²) in [5, 5.41) is 3.33. The van der Waals surface area contributed by atoms with Crippen molar-refractivity contribution in [2.45, 2.75) is 37.1 Å². The highest BCUT2D eigenvalue weighted by Gasteiger charge is 2.26. The Labute approximate surface area is 154 Å². The van der Waals surface area contributed by atoms with Crippen LogP contribution in [0.3, 0.4) is 0 Å². The minimum Gasteiger partial charge on any atom is -0.340 e. The molecule has 3 heterocycles. The molecule has 1 aliphatic rings. The Morgan fingerprint density at radius 1 is 1.35 bits per heavy atom. The van der Waals surface area contributed by atoms with Crippen LogP contribution in [-0.2, 0) is 16.4 Å². The van der Waals surface area contributed by atoms with Gasteiger partial charge in [-0.1, -0.05) is 0 Å². The second-order valence-electron chi connectivity index (χ2n) is 6.89. The van der Waals surface area contributed by atoms with E-state index in [0.29, 0.717) is 18.2 Å². The molecule has 1 N–H and O–H groups in total. The largest absolute Gasteiger partial charge is 0.340 e. The number of anilines is 1. The highest BCUT2D eigenvalue weighted by molar-refractivity contribution is 7.90. The fourth-order valence-electron chi connectivity index (χ4n) is 3.23. The zero-order chi connectivity index (χ0) is 18.7. The summed E-state index contributed by atoms with van der Waals surface area (Å²) in [5.74, 6) is 0.625. The maximum absolute atomic E-state index is 12.2.